The third-order valence-corrected chi connectivity index (χ3v) is 5.52. The molecule has 30 heavy (non-hydrogen) atoms. The van der Waals surface area contributed by atoms with Gasteiger partial charge in [-0.05, 0) is 49.9 Å². The van der Waals surface area contributed by atoms with Crippen molar-refractivity contribution in [1.82, 2.24) is 25.0 Å². The minimum atomic E-state index is -0.250. The molecule has 2 amide bonds. The van der Waals surface area contributed by atoms with Crippen LogP contribution in [0.5, 0.6) is 0 Å². The predicted octanol–water partition coefficient (Wildman–Crippen LogP) is 1.33. The SMILES string of the molecule is Cc1ccc(CCC(=O)N2CC[C@@H]3[C@H]2CCN3C(=O)c2cccnn2)nc1.O=CO. The van der Waals surface area contributed by atoms with Crippen LogP contribution >= 0.6 is 0 Å². The van der Waals surface area contributed by atoms with Crippen LogP contribution in [0.1, 0.15) is 41.0 Å². The van der Waals surface area contributed by atoms with Crippen molar-refractivity contribution in [1.29, 1.82) is 0 Å². The summed E-state index contributed by atoms with van der Waals surface area (Å²) < 4.78 is 0. The number of amides is 2. The summed E-state index contributed by atoms with van der Waals surface area (Å²) in [5, 5.41) is 14.6. The van der Waals surface area contributed by atoms with Crippen molar-refractivity contribution in [2.75, 3.05) is 13.1 Å². The number of fused-ring (bicyclic) bond motifs is 1. The molecule has 0 radical (unpaired) electrons. The number of pyridine rings is 1. The lowest BCUT2D eigenvalue weighted by Gasteiger charge is -2.25. The number of likely N-dealkylation sites (tertiary alicyclic amines) is 2. The molecule has 2 aliphatic rings. The third-order valence-electron chi connectivity index (χ3n) is 5.52. The maximum absolute atomic E-state index is 12.7. The smallest absolute Gasteiger partial charge is 0.290 e. The minimum Gasteiger partial charge on any atom is -0.483 e. The molecule has 0 unspecified atom stereocenters. The Labute approximate surface area is 174 Å². The van der Waals surface area contributed by atoms with Gasteiger partial charge < -0.3 is 14.9 Å². The minimum absolute atomic E-state index is 0.0842. The van der Waals surface area contributed by atoms with E-state index in [1.54, 1.807) is 18.3 Å². The Morgan fingerprint density at radius 3 is 2.50 bits per heavy atom. The fourth-order valence-corrected chi connectivity index (χ4v) is 4.14. The third kappa shape index (κ3) is 4.79. The Balaban J connectivity index is 0.000000806. The van der Waals surface area contributed by atoms with Crippen LogP contribution in [0.25, 0.3) is 0 Å². The molecule has 2 atom stereocenters. The van der Waals surface area contributed by atoms with Crippen LogP contribution in [-0.2, 0) is 16.0 Å². The van der Waals surface area contributed by atoms with Gasteiger partial charge in [0.1, 0.15) is 0 Å². The largest absolute Gasteiger partial charge is 0.483 e. The molecule has 2 aromatic heterocycles. The van der Waals surface area contributed by atoms with Crippen LogP contribution in [0.3, 0.4) is 0 Å². The van der Waals surface area contributed by atoms with E-state index in [1.165, 1.54) is 0 Å². The Hall–Kier alpha value is -3.36. The fraction of sp³-hybridized carbons (Fsp3) is 0.429. The lowest BCUT2D eigenvalue weighted by Crippen LogP contribution is -2.41. The zero-order valence-electron chi connectivity index (χ0n) is 16.8. The Bertz CT molecular complexity index is 875. The van der Waals surface area contributed by atoms with E-state index in [4.69, 9.17) is 9.90 Å². The second-order valence-electron chi connectivity index (χ2n) is 7.34. The Morgan fingerprint density at radius 1 is 1.17 bits per heavy atom. The number of hydrogen-bond donors (Lipinski definition) is 1. The summed E-state index contributed by atoms with van der Waals surface area (Å²) in [4.78, 5) is 42.0. The van der Waals surface area contributed by atoms with Crippen molar-refractivity contribution < 1.29 is 19.5 Å². The van der Waals surface area contributed by atoms with Gasteiger partial charge in [0.2, 0.25) is 5.91 Å². The summed E-state index contributed by atoms with van der Waals surface area (Å²) in [6.45, 7) is 3.12. The van der Waals surface area contributed by atoms with Crippen LogP contribution in [0.4, 0.5) is 0 Å². The van der Waals surface area contributed by atoms with Gasteiger partial charge in [-0.3, -0.25) is 19.4 Å². The molecule has 4 rings (SSSR count). The van der Waals surface area contributed by atoms with E-state index in [9.17, 15) is 9.59 Å². The average molecular weight is 411 g/mol. The van der Waals surface area contributed by atoms with Crippen LogP contribution in [0.2, 0.25) is 0 Å². The first-order valence-electron chi connectivity index (χ1n) is 9.92. The van der Waals surface area contributed by atoms with Gasteiger partial charge in [0.25, 0.3) is 12.4 Å². The molecular weight excluding hydrogens is 386 g/mol. The summed E-state index contributed by atoms with van der Waals surface area (Å²) in [5.41, 5.74) is 2.43. The first kappa shape index (κ1) is 21.4. The van der Waals surface area contributed by atoms with E-state index in [0.29, 0.717) is 31.6 Å². The summed E-state index contributed by atoms with van der Waals surface area (Å²) in [7, 11) is 0. The highest BCUT2D eigenvalue weighted by Gasteiger charge is 2.46. The van der Waals surface area contributed by atoms with Crippen molar-refractivity contribution >= 4 is 18.3 Å². The summed E-state index contributed by atoms with van der Waals surface area (Å²) in [5.74, 6) is 0.0624. The van der Waals surface area contributed by atoms with Gasteiger partial charge in [-0.15, -0.1) is 5.10 Å². The van der Waals surface area contributed by atoms with Gasteiger partial charge >= 0.3 is 0 Å². The fourth-order valence-electron chi connectivity index (χ4n) is 4.14. The summed E-state index contributed by atoms with van der Waals surface area (Å²) in [6.07, 6.45) is 6.14. The molecule has 1 N–H and O–H groups in total. The van der Waals surface area contributed by atoms with Crippen molar-refractivity contribution in [3.05, 3.63) is 53.6 Å². The van der Waals surface area contributed by atoms with Gasteiger partial charge in [0.15, 0.2) is 5.69 Å². The molecule has 9 nitrogen and oxygen atoms in total. The predicted molar refractivity (Wildman–Crippen MR) is 108 cm³/mol. The van der Waals surface area contributed by atoms with Gasteiger partial charge in [-0.1, -0.05) is 6.07 Å². The quantitative estimate of drug-likeness (QED) is 0.754. The molecule has 2 aromatic rings. The van der Waals surface area contributed by atoms with Crippen LogP contribution < -0.4 is 0 Å². The van der Waals surface area contributed by atoms with Crippen molar-refractivity contribution in [2.24, 2.45) is 0 Å². The molecule has 0 spiro atoms. The van der Waals surface area contributed by atoms with Crippen molar-refractivity contribution in [3.8, 4) is 0 Å². The molecule has 0 aromatic carbocycles. The zero-order chi connectivity index (χ0) is 21.5. The number of carbonyl (C=O) groups is 3. The number of aromatic nitrogens is 3. The standard InChI is InChI=1S/C20H23N5O2.CH2O2/c1-14-4-5-15(21-13-14)6-7-19(26)24-11-8-18-17(24)9-12-25(18)20(27)16-3-2-10-22-23-16;2-1-3/h2-5,10,13,17-18H,6-9,11-12H2,1H3;1H,(H,2,3)/t17-,18-;/m1./s1. The van der Waals surface area contributed by atoms with Crippen LogP contribution in [0.15, 0.2) is 36.7 Å². The van der Waals surface area contributed by atoms with Crippen molar-refractivity contribution in [2.45, 2.75) is 44.7 Å². The van der Waals surface area contributed by atoms with Gasteiger partial charge in [0, 0.05) is 37.6 Å². The second-order valence-corrected chi connectivity index (χ2v) is 7.34. The molecule has 2 saturated heterocycles. The topological polar surface area (TPSA) is 117 Å². The first-order chi connectivity index (χ1) is 14.5. The molecular formula is C21H25N5O4. The molecule has 158 valence electrons. The van der Waals surface area contributed by atoms with Gasteiger partial charge in [-0.2, -0.15) is 5.10 Å². The number of carbonyl (C=O) groups excluding carboxylic acids is 2. The number of aryl methyl sites for hydroxylation is 2. The first-order valence-corrected chi connectivity index (χ1v) is 9.92. The van der Waals surface area contributed by atoms with Gasteiger partial charge in [0.05, 0.1) is 12.1 Å². The maximum atomic E-state index is 12.7. The monoisotopic (exact) mass is 411 g/mol. The molecule has 4 heterocycles. The Kier molecular flexibility index (Phi) is 7.05. The molecule has 2 aliphatic heterocycles. The van der Waals surface area contributed by atoms with E-state index in [1.807, 2.05) is 35.1 Å². The normalized spacial score (nSPS) is 19.6. The zero-order valence-corrected chi connectivity index (χ0v) is 16.8. The average Bonchev–Trinajstić information content (AvgIpc) is 3.36. The summed E-state index contributed by atoms with van der Waals surface area (Å²) in [6, 6.07) is 7.61. The highest BCUT2D eigenvalue weighted by molar-refractivity contribution is 5.92. The lowest BCUT2D eigenvalue weighted by molar-refractivity contribution is -0.132. The maximum Gasteiger partial charge on any atom is 0.290 e. The van der Waals surface area contributed by atoms with E-state index in [2.05, 4.69) is 15.2 Å². The number of rotatable bonds is 4. The number of nitrogens with zero attached hydrogens (tertiary/aromatic N) is 5. The van der Waals surface area contributed by atoms with E-state index in [-0.39, 0.29) is 30.4 Å². The summed E-state index contributed by atoms with van der Waals surface area (Å²) >= 11 is 0. The van der Waals surface area contributed by atoms with Crippen molar-refractivity contribution in [3.63, 3.8) is 0 Å². The van der Waals surface area contributed by atoms with Crippen LogP contribution in [0, 0.1) is 6.92 Å². The van der Waals surface area contributed by atoms with E-state index >= 15 is 0 Å². The van der Waals surface area contributed by atoms with E-state index in [0.717, 1.165) is 24.1 Å². The molecule has 2 fully saturated rings. The molecule has 0 aliphatic carbocycles. The van der Waals surface area contributed by atoms with E-state index < -0.39 is 0 Å². The molecule has 9 heteroatoms. The highest BCUT2D eigenvalue weighted by Crippen LogP contribution is 2.33. The molecule has 0 bridgehead atoms. The number of hydrogen-bond acceptors (Lipinski definition) is 6. The second kappa shape index (κ2) is 9.91. The Morgan fingerprint density at radius 2 is 1.87 bits per heavy atom. The lowest BCUT2D eigenvalue weighted by atomic mass is 10.1. The van der Waals surface area contributed by atoms with Crippen LogP contribution in [-0.4, -0.2) is 73.5 Å². The molecule has 0 saturated carbocycles. The number of carboxylic acid groups (broad SMARTS) is 1. The highest BCUT2D eigenvalue weighted by atomic mass is 16.3. The van der Waals surface area contributed by atoms with Gasteiger partial charge in [-0.25, -0.2) is 0 Å².